The van der Waals surface area contributed by atoms with Gasteiger partial charge in [0.2, 0.25) is 0 Å². The van der Waals surface area contributed by atoms with Gasteiger partial charge in [-0.05, 0) is 12.3 Å². The Kier molecular flexibility index (Phi) is 2.82. The molecule has 1 aromatic heterocycles. The lowest BCUT2D eigenvalue weighted by atomic mass is 9.99. The van der Waals surface area contributed by atoms with Crippen molar-refractivity contribution in [1.82, 2.24) is 15.0 Å². The van der Waals surface area contributed by atoms with Gasteiger partial charge >= 0.3 is 0 Å². The molecule has 0 aliphatic heterocycles. The Morgan fingerprint density at radius 3 is 2.86 bits per heavy atom. The highest BCUT2D eigenvalue weighted by molar-refractivity contribution is 4.98. The van der Waals surface area contributed by atoms with E-state index in [1.165, 1.54) is 25.7 Å². The molecule has 2 rings (SSSR count). The van der Waals surface area contributed by atoms with Crippen molar-refractivity contribution in [3.05, 3.63) is 11.9 Å². The summed E-state index contributed by atoms with van der Waals surface area (Å²) in [6.45, 7) is 0. The molecule has 1 N–H and O–H groups in total. The summed E-state index contributed by atoms with van der Waals surface area (Å²) in [7, 11) is 1.82. The van der Waals surface area contributed by atoms with Gasteiger partial charge in [-0.1, -0.05) is 30.9 Å². The zero-order valence-electron chi connectivity index (χ0n) is 8.56. The van der Waals surface area contributed by atoms with Crippen molar-refractivity contribution >= 4 is 0 Å². The Balaban J connectivity index is 1.95. The van der Waals surface area contributed by atoms with Crippen molar-refractivity contribution in [2.45, 2.75) is 38.2 Å². The fourth-order valence-electron chi connectivity index (χ4n) is 2.28. The van der Waals surface area contributed by atoms with E-state index in [0.717, 1.165) is 12.1 Å². The molecule has 78 valence electrons. The maximum Gasteiger partial charge on any atom is 0.0975 e. The number of aromatic nitrogens is 3. The predicted octanol–water partition coefficient (Wildman–Crippen LogP) is 1.43. The largest absolute Gasteiger partial charge is 0.387 e. The molecule has 1 aromatic rings. The first-order valence-electron chi connectivity index (χ1n) is 5.30. The Morgan fingerprint density at radius 1 is 1.57 bits per heavy atom. The summed E-state index contributed by atoms with van der Waals surface area (Å²) in [6, 6.07) is 0. The van der Waals surface area contributed by atoms with Crippen LogP contribution in [-0.4, -0.2) is 20.1 Å². The number of aliphatic hydroxyl groups excluding tert-OH is 1. The predicted molar refractivity (Wildman–Crippen MR) is 52.5 cm³/mol. The molecule has 1 fully saturated rings. The van der Waals surface area contributed by atoms with Crippen LogP contribution >= 0.6 is 0 Å². The second-order valence-corrected chi connectivity index (χ2v) is 4.18. The van der Waals surface area contributed by atoms with Crippen LogP contribution in [0.5, 0.6) is 0 Å². The average molecular weight is 195 g/mol. The lowest BCUT2D eigenvalue weighted by Crippen LogP contribution is -2.09. The molecule has 0 aromatic carbocycles. The third-order valence-electron chi connectivity index (χ3n) is 3.12. The molecule has 1 atom stereocenters. The van der Waals surface area contributed by atoms with Crippen LogP contribution in [-0.2, 0) is 7.05 Å². The Labute approximate surface area is 83.9 Å². The number of nitrogens with zero attached hydrogens (tertiary/aromatic N) is 3. The van der Waals surface area contributed by atoms with E-state index in [2.05, 4.69) is 10.3 Å². The molecule has 0 radical (unpaired) electrons. The van der Waals surface area contributed by atoms with E-state index in [9.17, 15) is 5.11 Å². The number of rotatable bonds is 3. The first-order valence-corrected chi connectivity index (χ1v) is 5.30. The summed E-state index contributed by atoms with van der Waals surface area (Å²) < 4.78 is 1.65. The molecule has 14 heavy (non-hydrogen) atoms. The monoisotopic (exact) mass is 195 g/mol. The summed E-state index contributed by atoms with van der Waals surface area (Å²) >= 11 is 0. The van der Waals surface area contributed by atoms with Crippen molar-refractivity contribution in [2.75, 3.05) is 0 Å². The fourth-order valence-corrected chi connectivity index (χ4v) is 2.28. The lowest BCUT2D eigenvalue weighted by molar-refractivity contribution is 0.136. The standard InChI is InChI=1S/C10H17N3O/c1-13-9(7-11-12-13)10(14)6-8-4-2-3-5-8/h7-8,10,14H,2-6H2,1H3. The van der Waals surface area contributed by atoms with Gasteiger partial charge in [0, 0.05) is 7.05 Å². The molecule has 0 spiro atoms. The molecule has 1 saturated carbocycles. The van der Waals surface area contributed by atoms with Crippen LogP contribution in [0, 0.1) is 5.92 Å². The van der Waals surface area contributed by atoms with Crippen molar-refractivity contribution in [1.29, 1.82) is 0 Å². The second kappa shape index (κ2) is 4.09. The summed E-state index contributed by atoms with van der Waals surface area (Å²) in [5, 5.41) is 17.5. The van der Waals surface area contributed by atoms with Crippen molar-refractivity contribution in [3.63, 3.8) is 0 Å². The van der Waals surface area contributed by atoms with Crippen LogP contribution in [0.2, 0.25) is 0 Å². The van der Waals surface area contributed by atoms with Crippen LogP contribution in [0.1, 0.15) is 43.9 Å². The quantitative estimate of drug-likeness (QED) is 0.793. The first kappa shape index (κ1) is 9.65. The van der Waals surface area contributed by atoms with E-state index in [1.54, 1.807) is 10.9 Å². The zero-order valence-corrected chi connectivity index (χ0v) is 8.56. The normalized spacial score (nSPS) is 20.1. The highest BCUT2D eigenvalue weighted by atomic mass is 16.3. The highest BCUT2D eigenvalue weighted by Gasteiger charge is 2.21. The Bertz CT molecular complexity index is 291. The molecule has 0 amide bonds. The van der Waals surface area contributed by atoms with Gasteiger partial charge in [-0.3, -0.25) is 0 Å². The topological polar surface area (TPSA) is 50.9 Å². The molecule has 1 heterocycles. The highest BCUT2D eigenvalue weighted by Crippen LogP contribution is 2.32. The molecule has 4 heteroatoms. The van der Waals surface area contributed by atoms with Crippen LogP contribution in [0.4, 0.5) is 0 Å². The maximum atomic E-state index is 9.95. The smallest absolute Gasteiger partial charge is 0.0975 e. The summed E-state index contributed by atoms with van der Waals surface area (Å²) in [5.41, 5.74) is 0.830. The molecule has 0 bridgehead atoms. The number of aryl methyl sites for hydroxylation is 1. The SMILES string of the molecule is Cn1nncc1C(O)CC1CCCC1. The van der Waals surface area contributed by atoms with E-state index in [4.69, 9.17) is 0 Å². The third-order valence-corrected chi connectivity index (χ3v) is 3.12. The zero-order chi connectivity index (χ0) is 9.97. The summed E-state index contributed by atoms with van der Waals surface area (Å²) in [6.07, 6.45) is 7.30. The molecular weight excluding hydrogens is 178 g/mol. The Hall–Kier alpha value is -0.900. The molecule has 0 saturated heterocycles. The van der Waals surface area contributed by atoms with E-state index < -0.39 is 6.10 Å². The number of aliphatic hydroxyl groups is 1. The van der Waals surface area contributed by atoms with Gasteiger partial charge < -0.3 is 5.11 Å². The summed E-state index contributed by atoms with van der Waals surface area (Å²) in [5.74, 6) is 0.694. The number of hydrogen-bond donors (Lipinski definition) is 1. The van der Waals surface area contributed by atoms with Gasteiger partial charge in [-0.15, -0.1) is 5.10 Å². The lowest BCUT2D eigenvalue weighted by Gasteiger charge is -2.14. The average Bonchev–Trinajstić information content (AvgIpc) is 2.75. The molecule has 1 unspecified atom stereocenters. The maximum absolute atomic E-state index is 9.95. The van der Waals surface area contributed by atoms with Gasteiger partial charge in [-0.2, -0.15) is 0 Å². The van der Waals surface area contributed by atoms with Crippen LogP contribution < -0.4 is 0 Å². The minimum atomic E-state index is -0.391. The first-order chi connectivity index (χ1) is 6.77. The van der Waals surface area contributed by atoms with Gasteiger partial charge in [-0.25, -0.2) is 4.68 Å². The number of hydrogen-bond acceptors (Lipinski definition) is 3. The van der Waals surface area contributed by atoms with Crippen LogP contribution in [0.15, 0.2) is 6.20 Å². The summed E-state index contributed by atoms with van der Waals surface area (Å²) in [4.78, 5) is 0. The molecule has 4 nitrogen and oxygen atoms in total. The van der Waals surface area contributed by atoms with Gasteiger partial charge in [0.15, 0.2) is 0 Å². The second-order valence-electron chi connectivity index (χ2n) is 4.18. The minimum absolute atomic E-state index is 0.391. The van der Waals surface area contributed by atoms with Crippen molar-refractivity contribution in [2.24, 2.45) is 13.0 Å². The third kappa shape index (κ3) is 1.95. The van der Waals surface area contributed by atoms with E-state index in [1.807, 2.05) is 7.05 Å². The van der Waals surface area contributed by atoms with E-state index >= 15 is 0 Å². The van der Waals surface area contributed by atoms with Crippen molar-refractivity contribution in [3.8, 4) is 0 Å². The van der Waals surface area contributed by atoms with Crippen molar-refractivity contribution < 1.29 is 5.11 Å². The Morgan fingerprint density at radius 2 is 2.29 bits per heavy atom. The molecule has 1 aliphatic carbocycles. The molecular formula is C10H17N3O. The van der Waals surface area contributed by atoms with Gasteiger partial charge in [0.25, 0.3) is 0 Å². The van der Waals surface area contributed by atoms with Crippen LogP contribution in [0.3, 0.4) is 0 Å². The minimum Gasteiger partial charge on any atom is -0.387 e. The van der Waals surface area contributed by atoms with Crippen LogP contribution in [0.25, 0.3) is 0 Å². The fraction of sp³-hybridized carbons (Fsp3) is 0.800. The van der Waals surface area contributed by atoms with Gasteiger partial charge in [0.1, 0.15) is 0 Å². The van der Waals surface area contributed by atoms with Gasteiger partial charge in [0.05, 0.1) is 18.0 Å². The molecule has 1 aliphatic rings. The van der Waals surface area contributed by atoms with E-state index in [0.29, 0.717) is 5.92 Å². The van der Waals surface area contributed by atoms with E-state index in [-0.39, 0.29) is 0 Å².